The third-order valence-corrected chi connectivity index (χ3v) is 6.15. The van der Waals surface area contributed by atoms with Crippen LogP contribution in [-0.2, 0) is 17.4 Å². The zero-order valence-electron chi connectivity index (χ0n) is 18.5. The van der Waals surface area contributed by atoms with E-state index in [0.29, 0.717) is 23.7 Å². The van der Waals surface area contributed by atoms with E-state index in [1.54, 1.807) is 0 Å². The van der Waals surface area contributed by atoms with Crippen LogP contribution in [-0.4, -0.2) is 40.0 Å². The van der Waals surface area contributed by atoms with Crippen molar-refractivity contribution in [2.24, 2.45) is 11.8 Å². The van der Waals surface area contributed by atoms with Gasteiger partial charge in [-0.25, -0.2) is 15.0 Å². The first kappa shape index (κ1) is 22.3. The van der Waals surface area contributed by atoms with E-state index in [1.807, 2.05) is 32.7 Å². The molecule has 2 aliphatic rings. The lowest BCUT2D eigenvalue weighted by atomic mass is 9.78. The van der Waals surface area contributed by atoms with Crippen molar-refractivity contribution >= 4 is 23.1 Å². The van der Waals surface area contributed by atoms with E-state index < -0.39 is 11.9 Å². The molecule has 2 aromatic heterocycles. The minimum atomic E-state index is -4.43. The highest BCUT2D eigenvalue weighted by Gasteiger charge is 2.36. The monoisotopic (exact) mass is 448 g/mol. The summed E-state index contributed by atoms with van der Waals surface area (Å²) >= 11 is 0. The average molecular weight is 448 g/mol. The lowest BCUT2D eigenvalue weighted by Gasteiger charge is -2.38. The van der Waals surface area contributed by atoms with Gasteiger partial charge in [-0.1, -0.05) is 13.8 Å². The molecule has 10 heteroatoms. The van der Waals surface area contributed by atoms with Crippen LogP contribution in [0, 0.1) is 18.8 Å². The van der Waals surface area contributed by atoms with Gasteiger partial charge in [-0.2, -0.15) is 13.2 Å². The molecule has 32 heavy (non-hydrogen) atoms. The summed E-state index contributed by atoms with van der Waals surface area (Å²) in [5.74, 6) is 1.98. The van der Waals surface area contributed by atoms with Crippen molar-refractivity contribution < 1.29 is 18.0 Å². The Morgan fingerprint density at radius 1 is 1.25 bits per heavy atom. The van der Waals surface area contributed by atoms with Crippen LogP contribution in [0.3, 0.4) is 0 Å². The summed E-state index contributed by atoms with van der Waals surface area (Å²) in [6.45, 7) is 5.89. The van der Waals surface area contributed by atoms with E-state index in [2.05, 4.69) is 20.6 Å². The number of alkyl halides is 3. The van der Waals surface area contributed by atoms with Crippen molar-refractivity contribution in [2.75, 3.05) is 22.6 Å². The molecular formula is C22H27F3N6O. The number of pyridine rings is 1. The van der Waals surface area contributed by atoms with Crippen LogP contribution in [0.1, 0.15) is 43.9 Å². The van der Waals surface area contributed by atoms with Crippen molar-refractivity contribution in [1.82, 2.24) is 15.0 Å². The van der Waals surface area contributed by atoms with Crippen molar-refractivity contribution in [3.63, 3.8) is 0 Å². The zero-order valence-corrected chi connectivity index (χ0v) is 18.5. The fourth-order valence-corrected chi connectivity index (χ4v) is 4.52. The van der Waals surface area contributed by atoms with Crippen LogP contribution in [0.2, 0.25) is 0 Å². The summed E-state index contributed by atoms with van der Waals surface area (Å²) in [6.07, 6.45) is -0.740. The number of rotatable bonds is 5. The molecule has 1 atom stereocenters. The summed E-state index contributed by atoms with van der Waals surface area (Å²) in [6, 6.07) is 2.31. The molecule has 3 heterocycles. The molecule has 0 saturated heterocycles. The molecule has 0 radical (unpaired) electrons. The third-order valence-electron chi connectivity index (χ3n) is 6.15. The summed E-state index contributed by atoms with van der Waals surface area (Å²) in [7, 11) is 1.89. The fourth-order valence-electron chi connectivity index (χ4n) is 4.52. The van der Waals surface area contributed by atoms with Gasteiger partial charge >= 0.3 is 6.18 Å². The van der Waals surface area contributed by atoms with Gasteiger partial charge < -0.3 is 15.5 Å². The number of likely N-dealkylation sites (N-methyl/N-ethyl adjacent to an activating group) is 1. The van der Waals surface area contributed by atoms with Gasteiger partial charge in [0.1, 0.15) is 23.2 Å². The first-order chi connectivity index (χ1) is 15.0. The number of nitrogens with one attached hydrogen (secondary N) is 2. The molecular weight excluding hydrogens is 421 g/mol. The minimum absolute atomic E-state index is 0.0416. The number of fused-ring (bicyclic) bond motifs is 1. The number of hydrogen-bond acceptors (Lipinski definition) is 6. The highest BCUT2D eigenvalue weighted by molar-refractivity contribution is 6.03. The number of aromatic nitrogens is 3. The molecule has 0 spiro atoms. The molecule has 0 unspecified atom stereocenters. The largest absolute Gasteiger partial charge is 0.433 e. The number of nitrogens with zero attached hydrogens (tertiary/aromatic N) is 4. The summed E-state index contributed by atoms with van der Waals surface area (Å²) in [4.78, 5) is 27.2. The molecule has 1 aliphatic heterocycles. The van der Waals surface area contributed by atoms with E-state index >= 15 is 0 Å². The Morgan fingerprint density at radius 2 is 1.97 bits per heavy atom. The Kier molecular flexibility index (Phi) is 5.72. The van der Waals surface area contributed by atoms with Crippen molar-refractivity contribution in [3.05, 3.63) is 35.5 Å². The van der Waals surface area contributed by atoms with E-state index in [-0.39, 0.29) is 23.9 Å². The van der Waals surface area contributed by atoms with Gasteiger partial charge in [0.15, 0.2) is 5.82 Å². The van der Waals surface area contributed by atoms with Crippen LogP contribution in [0.5, 0.6) is 0 Å². The number of halogens is 3. The Balaban J connectivity index is 1.37. The second kappa shape index (κ2) is 8.22. The molecule has 2 N–H and O–H groups in total. The van der Waals surface area contributed by atoms with Crippen LogP contribution in [0.15, 0.2) is 18.3 Å². The lowest BCUT2D eigenvalue weighted by molar-refractivity contribution is -0.141. The second-order valence-electron chi connectivity index (χ2n) is 9.03. The van der Waals surface area contributed by atoms with Crippen LogP contribution < -0.4 is 15.5 Å². The number of amides is 1. The first-order valence-corrected chi connectivity index (χ1v) is 10.7. The molecule has 1 fully saturated rings. The van der Waals surface area contributed by atoms with Gasteiger partial charge in [-0.05, 0) is 43.7 Å². The molecule has 0 aromatic carbocycles. The maximum atomic E-state index is 12.6. The smallest absolute Gasteiger partial charge is 0.381 e. The van der Waals surface area contributed by atoms with Gasteiger partial charge in [0.05, 0.1) is 17.6 Å². The highest BCUT2D eigenvalue weighted by Crippen LogP contribution is 2.36. The molecule has 7 nitrogen and oxygen atoms in total. The number of anilines is 3. The summed E-state index contributed by atoms with van der Waals surface area (Å²) < 4.78 is 37.9. The SMILES string of the molecule is Cc1nc(CC2CC(Nc3ccc(C(F)(F)F)nc3)C2)nc2c1NC(=O)[C@H](C(C)C)N2C. The predicted octanol–water partition coefficient (Wildman–Crippen LogP) is 4.04. The van der Waals surface area contributed by atoms with E-state index in [4.69, 9.17) is 4.98 Å². The maximum Gasteiger partial charge on any atom is 0.433 e. The quantitative estimate of drug-likeness (QED) is 0.718. The minimum Gasteiger partial charge on any atom is -0.381 e. The number of aryl methyl sites for hydroxylation is 1. The Morgan fingerprint density at radius 3 is 2.56 bits per heavy atom. The highest BCUT2D eigenvalue weighted by atomic mass is 19.4. The standard InChI is InChI=1S/C22H27F3N6O/c1-11(2)19-21(32)30-18-12(3)27-17(29-20(18)31(19)4)9-13-7-15(8-13)28-14-5-6-16(26-10-14)22(23,24)25/h5-6,10-11,13,15,19,28H,7-9H2,1-4H3,(H,30,32)/t13?,15?,19-/m0/s1. The zero-order chi connectivity index (χ0) is 23.2. The fraction of sp³-hybridized carbons (Fsp3) is 0.545. The molecule has 4 rings (SSSR count). The molecule has 2 aromatic rings. The average Bonchev–Trinajstić information content (AvgIpc) is 2.67. The summed E-state index contributed by atoms with van der Waals surface area (Å²) in [5.41, 5.74) is 1.10. The molecule has 1 aliphatic carbocycles. The van der Waals surface area contributed by atoms with Crippen LogP contribution in [0.4, 0.5) is 30.4 Å². The van der Waals surface area contributed by atoms with E-state index in [1.165, 1.54) is 12.3 Å². The number of carbonyl (C=O) groups excluding carboxylic acids is 1. The van der Waals surface area contributed by atoms with Crippen molar-refractivity contribution in [3.8, 4) is 0 Å². The Hall–Kier alpha value is -2.91. The van der Waals surface area contributed by atoms with Gasteiger partial charge in [0.2, 0.25) is 5.91 Å². The Bertz CT molecular complexity index is 1000. The molecule has 1 amide bonds. The van der Waals surface area contributed by atoms with Gasteiger partial charge in [0, 0.05) is 19.5 Å². The number of hydrogen-bond donors (Lipinski definition) is 2. The summed E-state index contributed by atoms with van der Waals surface area (Å²) in [5, 5.41) is 6.19. The Labute approximate surface area is 184 Å². The van der Waals surface area contributed by atoms with Crippen molar-refractivity contribution in [1.29, 1.82) is 0 Å². The molecule has 0 bridgehead atoms. The predicted molar refractivity (Wildman–Crippen MR) is 116 cm³/mol. The lowest BCUT2D eigenvalue weighted by Crippen LogP contribution is -2.50. The molecule has 1 saturated carbocycles. The van der Waals surface area contributed by atoms with E-state index in [9.17, 15) is 18.0 Å². The van der Waals surface area contributed by atoms with Crippen molar-refractivity contribution in [2.45, 2.75) is 58.3 Å². The topological polar surface area (TPSA) is 83.0 Å². The van der Waals surface area contributed by atoms with Crippen LogP contribution in [0.25, 0.3) is 0 Å². The van der Waals surface area contributed by atoms with E-state index in [0.717, 1.165) is 36.2 Å². The second-order valence-corrected chi connectivity index (χ2v) is 9.03. The third kappa shape index (κ3) is 4.35. The number of carbonyl (C=O) groups is 1. The molecule has 172 valence electrons. The first-order valence-electron chi connectivity index (χ1n) is 10.7. The maximum absolute atomic E-state index is 12.6. The van der Waals surface area contributed by atoms with Crippen LogP contribution >= 0.6 is 0 Å². The normalized spacial score (nSPS) is 22.9. The van der Waals surface area contributed by atoms with Gasteiger partial charge in [-0.3, -0.25) is 4.79 Å². The van der Waals surface area contributed by atoms with Gasteiger partial charge in [0.25, 0.3) is 0 Å². The van der Waals surface area contributed by atoms with Gasteiger partial charge in [-0.15, -0.1) is 0 Å².